The molecule has 5 heteroatoms. The molecule has 1 aliphatic rings. The fourth-order valence-electron chi connectivity index (χ4n) is 3.52. The zero-order chi connectivity index (χ0) is 20.4. The van der Waals surface area contributed by atoms with Crippen LogP contribution in [0.25, 0.3) is 5.57 Å². The lowest BCUT2D eigenvalue weighted by Gasteiger charge is -2.17. The van der Waals surface area contributed by atoms with E-state index >= 15 is 0 Å². The molecule has 2 aromatic rings. The first-order chi connectivity index (χ1) is 13.3. The van der Waals surface area contributed by atoms with E-state index in [1.807, 2.05) is 52.0 Å². The number of carbonyl (C=O) groups is 2. The third-order valence-corrected chi connectivity index (χ3v) is 4.58. The van der Waals surface area contributed by atoms with Gasteiger partial charge in [-0.15, -0.1) is 0 Å². The minimum absolute atomic E-state index is 0.174. The maximum atomic E-state index is 13.2. The van der Waals surface area contributed by atoms with Crippen molar-refractivity contribution in [2.24, 2.45) is 5.92 Å². The standard InChI is InChI=1S/C23H26N2O3/c1-14(2)13-25-22(26)20(18-8-6-7-9-19(18)28-5)21(23(25)27)24-17-11-15(3)10-16(4)12-17/h6-12,14,24H,13H2,1-5H3. The predicted octanol–water partition coefficient (Wildman–Crippen LogP) is 4.16. The highest BCUT2D eigenvalue weighted by Gasteiger charge is 2.40. The second-order valence-corrected chi connectivity index (χ2v) is 7.57. The number of ether oxygens (including phenoxy) is 1. The van der Waals surface area contributed by atoms with Crippen LogP contribution >= 0.6 is 0 Å². The minimum Gasteiger partial charge on any atom is -0.496 e. The Labute approximate surface area is 166 Å². The highest BCUT2D eigenvalue weighted by atomic mass is 16.5. The van der Waals surface area contributed by atoms with Gasteiger partial charge in [-0.1, -0.05) is 38.1 Å². The molecule has 1 N–H and O–H groups in total. The summed E-state index contributed by atoms with van der Waals surface area (Å²) in [5, 5.41) is 3.22. The third kappa shape index (κ3) is 3.79. The van der Waals surface area contributed by atoms with Crippen LogP contribution in [0.4, 0.5) is 5.69 Å². The Morgan fingerprint density at radius 1 is 1.00 bits per heavy atom. The van der Waals surface area contributed by atoms with E-state index in [1.54, 1.807) is 19.2 Å². The number of amides is 2. The second kappa shape index (κ2) is 7.89. The molecule has 0 saturated carbocycles. The first kappa shape index (κ1) is 19.7. The highest BCUT2D eigenvalue weighted by Crippen LogP contribution is 2.35. The number of hydrogen-bond donors (Lipinski definition) is 1. The number of anilines is 1. The van der Waals surface area contributed by atoms with Gasteiger partial charge in [-0.25, -0.2) is 0 Å². The maximum Gasteiger partial charge on any atom is 0.278 e. The highest BCUT2D eigenvalue weighted by molar-refractivity contribution is 6.37. The van der Waals surface area contributed by atoms with Crippen LogP contribution in [0.15, 0.2) is 48.2 Å². The minimum atomic E-state index is -0.307. The molecule has 0 fully saturated rings. The van der Waals surface area contributed by atoms with Crippen molar-refractivity contribution in [3.05, 3.63) is 64.9 Å². The van der Waals surface area contributed by atoms with Crippen molar-refractivity contribution in [3.8, 4) is 5.75 Å². The summed E-state index contributed by atoms with van der Waals surface area (Å²) in [5.41, 5.74) is 4.20. The first-order valence-corrected chi connectivity index (χ1v) is 9.41. The topological polar surface area (TPSA) is 58.6 Å². The van der Waals surface area contributed by atoms with Gasteiger partial charge in [0.25, 0.3) is 11.8 Å². The van der Waals surface area contributed by atoms with Crippen LogP contribution < -0.4 is 10.1 Å². The normalized spacial score (nSPS) is 14.3. The number of hydrogen-bond acceptors (Lipinski definition) is 4. The number of para-hydroxylation sites is 1. The van der Waals surface area contributed by atoms with Crippen LogP contribution in [-0.4, -0.2) is 30.4 Å². The monoisotopic (exact) mass is 378 g/mol. The Morgan fingerprint density at radius 3 is 2.25 bits per heavy atom. The van der Waals surface area contributed by atoms with Gasteiger partial charge < -0.3 is 10.1 Å². The van der Waals surface area contributed by atoms with E-state index in [2.05, 4.69) is 11.4 Å². The van der Waals surface area contributed by atoms with Crippen molar-refractivity contribution >= 4 is 23.1 Å². The number of methoxy groups -OCH3 is 1. The van der Waals surface area contributed by atoms with Gasteiger partial charge in [0.1, 0.15) is 11.4 Å². The van der Waals surface area contributed by atoms with E-state index in [4.69, 9.17) is 4.74 Å². The van der Waals surface area contributed by atoms with E-state index < -0.39 is 0 Å². The summed E-state index contributed by atoms with van der Waals surface area (Å²) in [4.78, 5) is 27.7. The first-order valence-electron chi connectivity index (χ1n) is 9.41. The van der Waals surface area contributed by atoms with Crippen molar-refractivity contribution < 1.29 is 14.3 Å². The van der Waals surface area contributed by atoms with Crippen molar-refractivity contribution in [2.45, 2.75) is 27.7 Å². The van der Waals surface area contributed by atoms with E-state index in [1.165, 1.54) is 4.90 Å². The molecule has 0 bridgehead atoms. The summed E-state index contributed by atoms with van der Waals surface area (Å²) in [6, 6.07) is 13.3. The molecule has 2 aromatic carbocycles. The lowest BCUT2D eigenvalue weighted by molar-refractivity contribution is -0.137. The smallest absolute Gasteiger partial charge is 0.278 e. The van der Waals surface area contributed by atoms with Crippen LogP contribution in [0.5, 0.6) is 5.75 Å². The fraction of sp³-hybridized carbons (Fsp3) is 0.304. The molecule has 146 valence electrons. The van der Waals surface area contributed by atoms with E-state index in [0.29, 0.717) is 29.1 Å². The molecule has 0 aromatic heterocycles. The molecule has 0 aliphatic carbocycles. The van der Waals surface area contributed by atoms with Gasteiger partial charge in [0.2, 0.25) is 0 Å². The van der Waals surface area contributed by atoms with Gasteiger partial charge in [-0.2, -0.15) is 0 Å². The number of aryl methyl sites for hydroxylation is 2. The van der Waals surface area contributed by atoms with Gasteiger partial charge in [0, 0.05) is 17.8 Å². The Bertz CT molecular complexity index is 940. The Balaban J connectivity index is 2.14. The summed E-state index contributed by atoms with van der Waals surface area (Å²) >= 11 is 0. The molecule has 0 atom stereocenters. The molecule has 0 unspecified atom stereocenters. The molecule has 0 saturated heterocycles. The van der Waals surface area contributed by atoms with Crippen LogP contribution in [0.2, 0.25) is 0 Å². The lowest BCUT2D eigenvalue weighted by atomic mass is 10.0. The molecule has 3 rings (SSSR count). The van der Waals surface area contributed by atoms with Crippen LogP contribution in [0.3, 0.4) is 0 Å². The summed E-state index contributed by atoms with van der Waals surface area (Å²) in [6.07, 6.45) is 0. The van der Waals surface area contributed by atoms with Crippen LogP contribution in [-0.2, 0) is 9.59 Å². The summed E-state index contributed by atoms with van der Waals surface area (Å²) in [5.74, 6) is 0.131. The van der Waals surface area contributed by atoms with Crippen LogP contribution in [0.1, 0.15) is 30.5 Å². The predicted molar refractivity (Wildman–Crippen MR) is 111 cm³/mol. The zero-order valence-electron chi connectivity index (χ0n) is 17.0. The number of rotatable bonds is 6. The van der Waals surface area contributed by atoms with Gasteiger partial charge >= 0.3 is 0 Å². The largest absolute Gasteiger partial charge is 0.496 e. The van der Waals surface area contributed by atoms with Gasteiger partial charge in [0.05, 0.1) is 12.7 Å². The van der Waals surface area contributed by atoms with Crippen molar-refractivity contribution in [2.75, 3.05) is 19.0 Å². The zero-order valence-corrected chi connectivity index (χ0v) is 17.0. The van der Waals surface area contributed by atoms with E-state index in [0.717, 1.165) is 16.8 Å². The molecular weight excluding hydrogens is 352 g/mol. The molecule has 2 amide bonds. The van der Waals surface area contributed by atoms with E-state index in [9.17, 15) is 9.59 Å². The molecule has 1 heterocycles. The number of carbonyl (C=O) groups excluding carboxylic acids is 2. The Kier molecular flexibility index (Phi) is 5.54. The lowest BCUT2D eigenvalue weighted by Crippen LogP contribution is -2.35. The molecule has 0 radical (unpaired) electrons. The van der Waals surface area contributed by atoms with E-state index in [-0.39, 0.29) is 17.7 Å². The van der Waals surface area contributed by atoms with Crippen molar-refractivity contribution in [3.63, 3.8) is 0 Å². The number of imide groups is 1. The molecule has 5 nitrogen and oxygen atoms in total. The summed E-state index contributed by atoms with van der Waals surface area (Å²) < 4.78 is 5.45. The van der Waals surface area contributed by atoms with Crippen molar-refractivity contribution in [1.82, 2.24) is 4.90 Å². The quantitative estimate of drug-likeness (QED) is 0.767. The Morgan fingerprint density at radius 2 is 1.64 bits per heavy atom. The average molecular weight is 378 g/mol. The summed E-state index contributed by atoms with van der Waals surface area (Å²) in [7, 11) is 1.56. The molecule has 1 aliphatic heterocycles. The van der Waals surface area contributed by atoms with Crippen molar-refractivity contribution in [1.29, 1.82) is 0 Å². The third-order valence-electron chi connectivity index (χ3n) is 4.58. The number of nitrogens with zero attached hydrogens (tertiary/aromatic N) is 1. The summed E-state index contributed by atoms with van der Waals surface area (Å²) in [6.45, 7) is 8.34. The maximum absolute atomic E-state index is 13.2. The van der Waals surface area contributed by atoms with Gasteiger partial charge in [-0.3, -0.25) is 14.5 Å². The SMILES string of the molecule is COc1ccccc1C1=C(Nc2cc(C)cc(C)c2)C(=O)N(CC(C)C)C1=O. The fourth-order valence-corrected chi connectivity index (χ4v) is 3.52. The average Bonchev–Trinajstić information content (AvgIpc) is 2.85. The second-order valence-electron chi connectivity index (χ2n) is 7.57. The molecule has 28 heavy (non-hydrogen) atoms. The number of nitrogens with one attached hydrogen (secondary N) is 1. The van der Waals surface area contributed by atoms with Crippen LogP contribution in [0, 0.1) is 19.8 Å². The molecular formula is C23H26N2O3. The van der Waals surface area contributed by atoms with Gasteiger partial charge in [-0.05, 0) is 49.1 Å². The number of benzene rings is 2. The van der Waals surface area contributed by atoms with Gasteiger partial charge in [0.15, 0.2) is 0 Å². The Hall–Kier alpha value is -3.08. The molecule has 0 spiro atoms.